The summed E-state index contributed by atoms with van der Waals surface area (Å²) in [6.45, 7) is 4.40. The van der Waals surface area contributed by atoms with Gasteiger partial charge in [0.25, 0.3) is 0 Å². The Hall–Kier alpha value is -0.610. The number of hydrogen-bond acceptors (Lipinski definition) is 3. The smallest absolute Gasteiger partial charge is 0.184 e. The highest BCUT2D eigenvalue weighted by Gasteiger charge is 2.07. The molecule has 16 heavy (non-hydrogen) atoms. The van der Waals surface area contributed by atoms with Crippen LogP contribution in [0, 0.1) is 0 Å². The molecule has 1 aromatic carbocycles. The third-order valence-electron chi connectivity index (χ3n) is 2.66. The molecule has 2 nitrogen and oxygen atoms in total. The van der Waals surface area contributed by atoms with E-state index in [1.807, 2.05) is 12.1 Å². The number of benzene rings is 1. The molecule has 0 aliphatic rings. The van der Waals surface area contributed by atoms with E-state index >= 15 is 0 Å². The second-order valence-corrected chi connectivity index (χ2v) is 5.74. The number of nitrogens with one attached hydrogen (secondary N) is 1. The zero-order chi connectivity index (χ0) is 11.5. The lowest BCUT2D eigenvalue weighted by atomic mass is 10.2. The molecule has 1 aromatic heterocycles. The number of hydrogen-bond donors (Lipinski definition) is 1. The van der Waals surface area contributed by atoms with Crippen molar-refractivity contribution in [3.8, 4) is 0 Å². The van der Waals surface area contributed by atoms with Crippen molar-refractivity contribution in [3.63, 3.8) is 0 Å². The summed E-state index contributed by atoms with van der Waals surface area (Å²) in [5.41, 5.74) is 1.07. The maximum Gasteiger partial charge on any atom is 0.184 e. The van der Waals surface area contributed by atoms with Gasteiger partial charge in [0, 0.05) is 10.5 Å². The molecule has 86 valence electrons. The van der Waals surface area contributed by atoms with Crippen molar-refractivity contribution in [1.29, 1.82) is 0 Å². The average Bonchev–Trinajstić information content (AvgIpc) is 2.67. The minimum Gasteiger partial charge on any atom is -0.359 e. The first-order valence-electron chi connectivity index (χ1n) is 5.55. The molecule has 4 heteroatoms. The van der Waals surface area contributed by atoms with Gasteiger partial charge < -0.3 is 5.32 Å². The molecule has 0 aliphatic heterocycles. The molecule has 0 radical (unpaired) electrons. The predicted octanol–water partition coefficient (Wildman–Crippen LogP) is 4.66. The number of rotatable bonds is 4. The monoisotopic (exact) mass is 298 g/mol. The van der Waals surface area contributed by atoms with Crippen LogP contribution in [0.15, 0.2) is 22.7 Å². The van der Waals surface area contributed by atoms with E-state index in [9.17, 15) is 0 Å². The summed E-state index contributed by atoms with van der Waals surface area (Å²) in [7, 11) is 0. The SMILES string of the molecule is CCC(CC)Nc1nc2ccc(Br)cc2s1. The normalized spacial score (nSPS) is 11.2. The molecule has 2 aromatic rings. The molecular formula is C12H15BrN2S. The molecule has 0 bridgehead atoms. The topological polar surface area (TPSA) is 24.9 Å². The van der Waals surface area contributed by atoms with Crippen molar-refractivity contribution in [2.75, 3.05) is 5.32 Å². The quantitative estimate of drug-likeness (QED) is 0.888. The molecule has 2 rings (SSSR count). The highest BCUT2D eigenvalue weighted by molar-refractivity contribution is 9.10. The predicted molar refractivity (Wildman–Crippen MR) is 75.3 cm³/mol. The number of fused-ring (bicyclic) bond motifs is 1. The summed E-state index contributed by atoms with van der Waals surface area (Å²) in [5.74, 6) is 0. The van der Waals surface area contributed by atoms with Crippen LogP contribution >= 0.6 is 27.3 Å². The minimum atomic E-state index is 0.531. The van der Waals surface area contributed by atoms with E-state index < -0.39 is 0 Å². The maximum atomic E-state index is 4.58. The maximum absolute atomic E-state index is 4.58. The van der Waals surface area contributed by atoms with Gasteiger partial charge in [-0.1, -0.05) is 41.1 Å². The fraction of sp³-hybridized carbons (Fsp3) is 0.417. The Labute approximate surface area is 108 Å². The van der Waals surface area contributed by atoms with Gasteiger partial charge in [0.2, 0.25) is 0 Å². The van der Waals surface area contributed by atoms with E-state index in [-0.39, 0.29) is 0 Å². The molecule has 0 atom stereocenters. The van der Waals surface area contributed by atoms with Crippen molar-refractivity contribution < 1.29 is 0 Å². The third kappa shape index (κ3) is 2.55. The van der Waals surface area contributed by atoms with Crippen LogP contribution in [0.1, 0.15) is 26.7 Å². The van der Waals surface area contributed by atoms with Gasteiger partial charge in [-0.2, -0.15) is 0 Å². The third-order valence-corrected chi connectivity index (χ3v) is 4.11. The van der Waals surface area contributed by atoms with Crippen molar-refractivity contribution in [2.24, 2.45) is 0 Å². The summed E-state index contributed by atoms with van der Waals surface area (Å²) < 4.78 is 2.33. The largest absolute Gasteiger partial charge is 0.359 e. The fourth-order valence-electron chi connectivity index (χ4n) is 1.63. The van der Waals surface area contributed by atoms with Crippen molar-refractivity contribution in [1.82, 2.24) is 4.98 Å². The first kappa shape index (κ1) is 11.9. The van der Waals surface area contributed by atoms with Crippen LogP contribution in [0.4, 0.5) is 5.13 Å². The van der Waals surface area contributed by atoms with Crippen molar-refractivity contribution in [2.45, 2.75) is 32.7 Å². The molecule has 0 spiro atoms. The van der Waals surface area contributed by atoms with E-state index in [1.165, 1.54) is 4.70 Å². The van der Waals surface area contributed by atoms with Crippen LogP contribution in [-0.4, -0.2) is 11.0 Å². The Morgan fingerprint density at radius 2 is 2.12 bits per heavy atom. The summed E-state index contributed by atoms with van der Waals surface area (Å²) in [4.78, 5) is 4.58. The van der Waals surface area contributed by atoms with Crippen LogP contribution < -0.4 is 5.32 Å². The first-order chi connectivity index (χ1) is 7.72. The fourth-order valence-corrected chi connectivity index (χ4v) is 3.12. The number of nitrogens with zero attached hydrogens (tertiary/aromatic N) is 1. The molecule has 0 unspecified atom stereocenters. The Morgan fingerprint density at radius 3 is 2.81 bits per heavy atom. The standard InChI is InChI=1S/C12H15BrN2S/c1-3-9(4-2)14-12-15-10-6-5-8(13)7-11(10)16-12/h5-7,9H,3-4H2,1-2H3,(H,14,15). The van der Waals surface area contributed by atoms with Crippen molar-refractivity contribution >= 4 is 42.6 Å². The lowest BCUT2D eigenvalue weighted by Crippen LogP contribution is -2.16. The lowest BCUT2D eigenvalue weighted by Gasteiger charge is -2.12. The summed E-state index contributed by atoms with van der Waals surface area (Å²) in [6, 6.07) is 6.73. The zero-order valence-corrected chi connectivity index (χ0v) is 11.9. The van der Waals surface area contributed by atoms with Gasteiger partial charge in [-0.05, 0) is 31.0 Å². The number of halogens is 1. The van der Waals surface area contributed by atoms with Gasteiger partial charge >= 0.3 is 0 Å². The highest BCUT2D eigenvalue weighted by atomic mass is 79.9. The van der Waals surface area contributed by atoms with Gasteiger partial charge in [0.1, 0.15) is 0 Å². The second kappa shape index (κ2) is 5.15. The molecular weight excluding hydrogens is 284 g/mol. The van der Waals surface area contributed by atoms with Gasteiger partial charge in [-0.3, -0.25) is 0 Å². The van der Waals surface area contributed by atoms with Crippen LogP contribution in [0.5, 0.6) is 0 Å². The number of anilines is 1. The van der Waals surface area contributed by atoms with Gasteiger partial charge in [0.15, 0.2) is 5.13 Å². The van der Waals surface area contributed by atoms with E-state index in [0.717, 1.165) is 28.0 Å². The van der Waals surface area contributed by atoms with E-state index in [2.05, 4.69) is 46.1 Å². The Kier molecular flexibility index (Phi) is 3.82. The van der Waals surface area contributed by atoms with E-state index in [0.29, 0.717) is 6.04 Å². The first-order valence-corrected chi connectivity index (χ1v) is 7.16. The molecule has 1 N–H and O–H groups in total. The highest BCUT2D eigenvalue weighted by Crippen LogP contribution is 2.29. The summed E-state index contributed by atoms with van der Waals surface area (Å²) in [5, 5.41) is 4.51. The Balaban J connectivity index is 2.25. The Bertz CT molecular complexity index is 477. The minimum absolute atomic E-state index is 0.531. The van der Waals surface area contributed by atoms with Crippen LogP contribution in [0.3, 0.4) is 0 Å². The molecule has 1 heterocycles. The van der Waals surface area contributed by atoms with E-state index in [4.69, 9.17) is 0 Å². The molecule has 0 saturated heterocycles. The number of thiazole rings is 1. The summed E-state index contributed by atoms with van der Waals surface area (Å²) in [6.07, 6.45) is 2.27. The number of aromatic nitrogens is 1. The molecule has 0 aliphatic carbocycles. The van der Waals surface area contributed by atoms with Gasteiger partial charge in [0.05, 0.1) is 10.2 Å². The van der Waals surface area contributed by atoms with Gasteiger partial charge in [-0.25, -0.2) is 4.98 Å². The van der Waals surface area contributed by atoms with Crippen LogP contribution in [-0.2, 0) is 0 Å². The molecule has 0 saturated carbocycles. The second-order valence-electron chi connectivity index (χ2n) is 3.79. The molecule has 0 amide bonds. The van der Waals surface area contributed by atoms with Crippen molar-refractivity contribution in [3.05, 3.63) is 22.7 Å². The Morgan fingerprint density at radius 1 is 1.38 bits per heavy atom. The lowest BCUT2D eigenvalue weighted by molar-refractivity contribution is 0.671. The summed E-state index contributed by atoms with van der Waals surface area (Å²) >= 11 is 5.20. The van der Waals surface area contributed by atoms with Crippen LogP contribution in [0.2, 0.25) is 0 Å². The van der Waals surface area contributed by atoms with Crippen LogP contribution in [0.25, 0.3) is 10.2 Å². The average molecular weight is 299 g/mol. The zero-order valence-electron chi connectivity index (χ0n) is 9.46. The van der Waals surface area contributed by atoms with Gasteiger partial charge in [-0.15, -0.1) is 0 Å². The van der Waals surface area contributed by atoms with E-state index in [1.54, 1.807) is 11.3 Å². The molecule has 0 fully saturated rings.